The van der Waals surface area contributed by atoms with Crippen LogP contribution in [0.15, 0.2) is 35.4 Å². The molecule has 0 aromatic heterocycles. The Kier molecular flexibility index (Phi) is 3.77. The van der Waals surface area contributed by atoms with Gasteiger partial charge in [-0.1, -0.05) is 35.4 Å². The fraction of sp³-hybridized carbons (Fsp3) is 0.308. The molecule has 2 rings (SSSR count). The summed E-state index contributed by atoms with van der Waals surface area (Å²) in [5, 5.41) is 11.2. The molecule has 1 aliphatic carbocycles. The third-order valence-electron chi connectivity index (χ3n) is 3.02. The van der Waals surface area contributed by atoms with Crippen LogP contribution in [0.4, 0.5) is 0 Å². The normalized spacial score (nSPS) is 15.1. The van der Waals surface area contributed by atoms with Crippen LogP contribution in [-0.4, -0.2) is 17.8 Å². The third-order valence-corrected chi connectivity index (χ3v) is 3.37. The second-order valence-corrected chi connectivity index (χ2v) is 4.67. The van der Waals surface area contributed by atoms with E-state index in [0.717, 1.165) is 24.7 Å². The maximum atomic E-state index is 11.2. The molecule has 1 aliphatic rings. The van der Waals surface area contributed by atoms with E-state index in [-0.39, 0.29) is 6.54 Å². The zero-order valence-corrected chi connectivity index (χ0v) is 10.4. The number of carbonyl (C=O) groups is 1. The van der Waals surface area contributed by atoms with Crippen molar-refractivity contribution >= 4 is 17.9 Å². The molecule has 1 fully saturated rings. The molecule has 1 atom stereocenters. The highest BCUT2D eigenvalue weighted by Crippen LogP contribution is 2.39. The zero-order chi connectivity index (χ0) is 13.1. The van der Waals surface area contributed by atoms with Gasteiger partial charge in [0.2, 0.25) is 6.54 Å². The second kappa shape index (κ2) is 5.31. The van der Waals surface area contributed by atoms with E-state index in [2.05, 4.69) is 0 Å². The molecule has 1 saturated carbocycles. The van der Waals surface area contributed by atoms with Gasteiger partial charge in [-0.25, -0.2) is 0 Å². The van der Waals surface area contributed by atoms with Crippen molar-refractivity contribution in [3.63, 3.8) is 0 Å². The van der Waals surface area contributed by atoms with Crippen LogP contribution in [0, 0.1) is 10.1 Å². The van der Waals surface area contributed by atoms with Gasteiger partial charge in [-0.2, -0.15) is 0 Å². The van der Waals surface area contributed by atoms with Crippen LogP contribution in [0.1, 0.15) is 24.3 Å². The predicted molar refractivity (Wildman–Crippen MR) is 68.4 cm³/mol. The Hall–Kier alpha value is -1.68. The second-order valence-electron chi connectivity index (χ2n) is 4.27. The molecular weight excluding hydrogens is 254 g/mol. The first-order valence-corrected chi connectivity index (χ1v) is 6.04. The number of allylic oxidation sites excluding steroid dienone is 1. The Morgan fingerprint density at radius 1 is 1.44 bits per heavy atom. The van der Waals surface area contributed by atoms with Crippen LogP contribution >= 0.6 is 11.6 Å². The summed E-state index contributed by atoms with van der Waals surface area (Å²) < 4.78 is 0. The lowest BCUT2D eigenvalue weighted by molar-refractivity contribution is -0.481. The molecule has 1 aromatic rings. The van der Waals surface area contributed by atoms with E-state index in [0.29, 0.717) is 16.2 Å². The SMILES string of the molecule is O=CC(=C1CC1)C(C[N+](=O)[O-])c1ccccc1Cl. The summed E-state index contributed by atoms with van der Waals surface area (Å²) in [7, 11) is 0. The Morgan fingerprint density at radius 3 is 2.61 bits per heavy atom. The summed E-state index contributed by atoms with van der Waals surface area (Å²) in [6.07, 6.45) is 2.44. The molecule has 0 saturated heterocycles. The topological polar surface area (TPSA) is 60.2 Å². The van der Waals surface area contributed by atoms with Crippen molar-refractivity contribution in [3.05, 3.63) is 56.1 Å². The molecule has 0 spiro atoms. The van der Waals surface area contributed by atoms with Gasteiger partial charge >= 0.3 is 0 Å². The molecule has 4 nitrogen and oxygen atoms in total. The molecule has 0 heterocycles. The molecule has 0 N–H and O–H groups in total. The lowest BCUT2D eigenvalue weighted by Crippen LogP contribution is -2.16. The van der Waals surface area contributed by atoms with Crippen molar-refractivity contribution in [1.29, 1.82) is 0 Å². The monoisotopic (exact) mass is 265 g/mol. The third kappa shape index (κ3) is 2.76. The van der Waals surface area contributed by atoms with Gasteiger partial charge in [-0.15, -0.1) is 0 Å². The molecule has 0 amide bonds. The summed E-state index contributed by atoms with van der Waals surface area (Å²) in [5.41, 5.74) is 2.19. The molecule has 0 radical (unpaired) electrons. The average Bonchev–Trinajstić information content (AvgIpc) is 3.13. The maximum Gasteiger partial charge on any atom is 0.214 e. The molecule has 1 unspecified atom stereocenters. The maximum absolute atomic E-state index is 11.2. The first-order valence-electron chi connectivity index (χ1n) is 5.66. The highest BCUT2D eigenvalue weighted by molar-refractivity contribution is 6.31. The van der Waals surface area contributed by atoms with Crippen LogP contribution in [0.2, 0.25) is 5.02 Å². The highest BCUT2D eigenvalue weighted by Gasteiger charge is 2.29. The van der Waals surface area contributed by atoms with Gasteiger partial charge in [-0.3, -0.25) is 14.9 Å². The summed E-state index contributed by atoms with van der Waals surface area (Å²) in [5.74, 6) is -0.538. The Morgan fingerprint density at radius 2 is 2.11 bits per heavy atom. The number of hydrogen-bond donors (Lipinski definition) is 0. The number of nitrogens with zero attached hydrogens (tertiary/aromatic N) is 1. The van der Waals surface area contributed by atoms with E-state index >= 15 is 0 Å². The quantitative estimate of drug-likeness (QED) is 0.356. The van der Waals surface area contributed by atoms with Crippen molar-refractivity contribution in [2.75, 3.05) is 6.54 Å². The van der Waals surface area contributed by atoms with E-state index in [1.807, 2.05) is 0 Å². The number of benzene rings is 1. The molecular formula is C13H12ClNO3. The van der Waals surface area contributed by atoms with Gasteiger partial charge in [0.25, 0.3) is 0 Å². The Bertz CT molecular complexity index is 519. The van der Waals surface area contributed by atoms with Gasteiger partial charge in [0, 0.05) is 15.5 Å². The van der Waals surface area contributed by atoms with Crippen molar-refractivity contribution in [3.8, 4) is 0 Å². The van der Waals surface area contributed by atoms with Gasteiger partial charge in [0.05, 0.1) is 5.92 Å². The number of nitro groups is 1. The summed E-state index contributed by atoms with van der Waals surface area (Å²) in [6.45, 7) is -0.304. The van der Waals surface area contributed by atoms with Crippen LogP contribution in [-0.2, 0) is 4.79 Å². The largest absolute Gasteiger partial charge is 0.298 e. The number of halogens is 1. The lowest BCUT2D eigenvalue weighted by atomic mass is 9.91. The standard InChI is InChI=1S/C13H12ClNO3/c14-13-4-2-1-3-10(13)11(7-15(17)18)12(8-16)9-5-6-9/h1-4,8,11H,5-7H2. The number of aldehydes is 1. The fourth-order valence-corrected chi connectivity index (χ4v) is 2.30. The van der Waals surface area contributed by atoms with Crippen LogP contribution in [0.5, 0.6) is 0 Å². The average molecular weight is 266 g/mol. The van der Waals surface area contributed by atoms with Gasteiger partial charge in [0.1, 0.15) is 6.29 Å². The molecule has 5 heteroatoms. The molecule has 1 aromatic carbocycles. The van der Waals surface area contributed by atoms with Crippen molar-refractivity contribution in [2.45, 2.75) is 18.8 Å². The Labute approximate surface area is 109 Å². The minimum absolute atomic E-state index is 0.304. The fourth-order valence-electron chi connectivity index (χ4n) is 2.03. The van der Waals surface area contributed by atoms with Crippen molar-refractivity contribution in [1.82, 2.24) is 0 Å². The van der Waals surface area contributed by atoms with Gasteiger partial charge < -0.3 is 0 Å². The lowest BCUT2D eigenvalue weighted by Gasteiger charge is -2.14. The number of carbonyl (C=O) groups excluding carboxylic acids is 1. The van der Waals surface area contributed by atoms with E-state index < -0.39 is 10.8 Å². The predicted octanol–water partition coefficient (Wildman–Crippen LogP) is 2.99. The first kappa shape index (κ1) is 12.8. The smallest absolute Gasteiger partial charge is 0.214 e. The van der Waals surface area contributed by atoms with E-state index in [9.17, 15) is 14.9 Å². The van der Waals surface area contributed by atoms with Crippen LogP contribution < -0.4 is 0 Å². The van der Waals surface area contributed by atoms with Crippen molar-refractivity contribution in [2.24, 2.45) is 0 Å². The van der Waals surface area contributed by atoms with E-state index in [1.54, 1.807) is 24.3 Å². The summed E-state index contributed by atoms with van der Waals surface area (Å²) in [6, 6.07) is 6.96. The summed E-state index contributed by atoms with van der Waals surface area (Å²) >= 11 is 6.07. The summed E-state index contributed by atoms with van der Waals surface area (Å²) in [4.78, 5) is 21.5. The van der Waals surface area contributed by atoms with Crippen LogP contribution in [0.25, 0.3) is 0 Å². The van der Waals surface area contributed by atoms with Gasteiger partial charge in [0.15, 0.2) is 0 Å². The number of rotatable bonds is 5. The van der Waals surface area contributed by atoms with Gasteiger partial charge in [-0.05, 0) is 24.5 Å². The van der Waals surface area contributed by atoms with Crippen molar-refractivity contribution < 1.29 is 9.72 Å². The molecule has 18 heavy (non-hydrogen) atoms. The van der Waals surface area contributed by atoms with E-state index in [1.165, 1.54) is 0 Å². The first-order chi connectivity index (χ1) is 8.63. The highest BCUT2D eigenvalue weighted by atomic mass is 35.5. The zero-order valence-electron chi connectivity index (χ0n) is 9.64. The molecule has 0 aliphatic heterocycles. The number of hydrogen-bond acceptors (Lipinski definition) is 3. The van der Waals surface area contributed by atoms with E-state index in [4.69, 9.17) is 11.6 Å². The molecule has 94 valence electrons. The minimum Gasteiger partial charge on any atom is -0.298 e. The van der Waals surface area contributed by atoms with Crippen LogP contribution in [0.3, 0.4) is 0 Å². The molecule has 0 bridgehead atoms. The Balaban J connectivity index is 2.43. The minimum atomic E-state index is -0.538.